The molecule has 0 unspecified atom stereocenters. The third-order valence-corrected chi connectivity index (χ3v) is 5.71. The molecule has 0 aliphatic carbocycles. The summed E-state index contributed by atoms with van der Waals surface area (Å²) in [5, 5.41) is 5.34. The Hall–Kier alpha value is -3.61. The minimum absolute atomic E-state index is 0.172. The number of rotatable bonds is 5. The molecule has 31 heavy (non-hydrogen) atoms. The number of carbonyl (C=O) groups is 3. The normalized spacial score (nSPS) is 17.4. The van der Waals surface area contributed by atoms with Gasteiger partial charge < -0.3 is 15.5 Å². The first-order chi connectivity index (χ1) is 14.9. The monoisotopic (exact) mass is 418 g/mol. The van der Waals surface area contributed by atoms with E-state index >= 15 is 0 Å². The Kier molecular flexibility index (Phi) is 5.75. The van der Waals surface area contributed by atoms with Crippen LogP contribution in [-0.4, -0.2) is 42.4 Å². The Morgan fingerprint density at radius 3 is 2.52 bits per heavy atom. The average molecular weight is 418 g/mol. The first kappa shape index (κ1) is 20.7. The van der Waals surface area contributed by atoms with Crippen molar-refractivity contribution in [3.63, 3.8) is 0 Å². The lowest BCUT2D eigenvalue weighted by Gasteiger charge is -2.18. The second-order valence-corrected chi connectivity index (χ2v) is 7.98. The van der Waals surface area contributed by atoms with Crippen LogP contribution in [0.3, 0.4) is 0 Å². The van der Waals surface area contributed by atoms with Gasteiger partial charge in [-0.3, -0.25) is 9.59 Å². The van der Waals surface area contributed by atoms with Crippen molar-refractivity contribution >= 4 is 35.3 Å². The molecule has 2 aromatic carbocycles. The highest BCUT2D eigenvalue weighted by Crippen LogP contribution is 2.25. The first-order valence-electron chi connectivity index (χ1n) is 10.5. The highest BCUT2D eigenvalue weighted by atomic mass is 16.2. The summed E-state index contributed by atoms with van der Waals surface area (Å²) in [6.07, 6.45) is 4.08. The topological polar surface area (TPSA) is 81.8 Å². The number of hydrogen-bond donors (Lipinski definition) is 2. The second kappa shape index (κ2) is 8.63. The van der Waals surface area contributed by atoms with Gasteiger partial charge in [0.25, 0.3) is 5.91 Å². The van der Waals surface area contributed by atoms with Crippen molar-refractivity contribution in [3.05, 3.63) is 64.9 Å². The summed E-state index contributed by atoms with van der Waals surface area (Å²) >= 11 is 0. The molecule has 4 rings (SSSR count). The summed E-state index contributed by atoms with van der Waals surface area (Å²) in [4.78, 5) is 40.7. The largest absolute Gasteiger partial charge is 0.372 e. The summed E-state index contributed by atoms with van der Waals surface area (Å²) in [6, 6.07) is 12.9. The van der Waals surface area contributed by atoms with Gasteiger partial charge in [-0.15, -0.1) is 0 Å². The van der Waals surface area contributed by atoms with E-state index in [4.69, 9.17) is 0 Å². The third kappa shape index (κ3) is 4.45. The minimum atomic E-state index is -0.595. The summed E-state index contributed by atoms with van der Waals surface area (Å²) < 4.78 is 0. The quantitative estimate of drug-likeness (QED) is 0.576. The molecule has 0 spiro atoms. The number of urea groups is 1. The molecule has 0 aromatic heterocycles. The van der Waals surface area contributed by atoms with Crippen LogP contribution in [0.15, 0.2) is 48.2 Å². The van der Waals surface area contributed by atoms with Crippen molar-refractivity contribution in [2.75, 3.05) is 29.9 Å². The van der Waals surface area contributed by atoms with E-state index in [9.17, 15) is 14.4 Å². The van der Waals surface area contributed by atoms with Gasteiger partial charge in [-0.25, -0.2) is 9.69 Å². The standard InChI is InChI=1S/C24H26N4O3/c1-16-7-3-4-8-20(16)25-22(29)15-28-23(30)21(26-24(28)31)14-18-9-10-19(13-17(18)2)27-11-5-6-12-27/h3-4,7-10,13-14H,5-6,11-12,15H2,1-2H3,(H,25,29)(H,26,31)/b21-14+. The highest BCUT2D eigenvalue weighted by Gasteiger charge is 2.35. The van der Waals surface area contributed by atoms with Crippen LogP contribution in [-0.2, 0) is 9.59 Å². The van der Waals surface area contributed by atoms with Crippen LogP contribution in [0.2, 0.25) is 0 Å². The molecule has 0 saturated carbocycles. The highest BCUT2D eigenvalue weighted by molar-refractivity contribution is 6.16. The predicted octanol–water partition coefficient (Wildman–Crippen LogP) is 3.44. The lowest BCUT2D eigenvalue weighted by molar-refractivity contribution is -0.127. The molecule has 2 aliphatic heterocycles. The number of nitrogens with one attached hydrogen (secondary N) is 2. The zero-order chi connectivity index (χ0) is 22.0. The van der Waals surface area contributed by atoms with Crippen LogP contribution in [0, 0.1) is 13.8 Å². The van der Waals surface area contributed by atoms with Crippen molar-refractivity contribution in [1.29, 1.82) is 0 Å². The Morgan fingerprint density at radius 1 is 1.06 bits per heavy atom. The van der Waals surface area contributed by atoms with Crippen LogP contribution in [0.1, 0.15) is 29.5 Å². The summed E-state index contributed by atoms with van der Waals surface area (Å²) in [5.74, 6) is -0.932. The van der Waals surface area contributed by atoms with Crippen LogP contribution < -0.4 is 15.5 Å². The van der Waals surface area contributed by atoms with Gasteiger partial charge in [-0.2, -0.15) is 0 Å². The minimum Gasteiger partial charge on any atom is -0.372 e. The predicted molar refractivity (Wildman–Crippen MR) is 121 cm³/mol. The van der Waals surface area contributed by atoms with Crippen LogP contribution in [0.4, 0.5) is 16.2 Å². The fourth-order valence-corrected chi connectivity index (χ4v) is 3.91. The van der Waals surface area contributed by atoms with Gasteiger partial charge in [0, 0.05) is 24.5 Å². The van der Waals surface area contributed by atoms with Crippen molar-refractivity contribution in [2.24, 2.45) is 0 Å². The van der Waals surface area contributed by atoms with E-state index in [1.165, 1.54) is 18.5 Å². The number of imide groups is 1. The Balaban J connectivity index is 1.45. The first-order valence-corrected chi connectivity index (χ1v) is 10.5. The average Bonchev–Trinajstić information content (AvgIpc) is 3.36. The van der Waals surface area contributed by atoms with E-state index in [0.717, 1.165) is 34.7 Å². The molecule has 7 heteroatoms. The maximum absolute atomic E-state index is 12.7. The van der Waals surface area contributed by atoms with Crippen molar-refractivity contribution in [3.8, 4) is 0 Å². The van der Waals surface area contributed by atoms with Gasteiger partial charge in [0.15, 0.2) is 0 Å². The van der Waals surface area contributed by atoms with Crippen LogP contribution >= 0.6 is 0 Å². The molecule has 2 aromatic rings. The summed E-state index contributed by atoms with van der Waals surface area (Å²) in [6.45, 7) is 5.65. The van der Waals surface area contributed by atoms with Gasteiger partial charge in [0.1, 0.15) is 12.2 Å². The Bertz CT molecular complexity index is 1070. The molecule has 2 fully saturated rings. The maximum atomic E-state index is 12.7. The molecule has 7 nitrogen and oxygen atoms in total. The van der Waals surface area contributed by atoms with Crippen molar-refractivity contribution < 1.29 is 14.4 Å². The number of amides is 4. The number of nitrogens with zero attached hydrogens (tertiary/aromatic N) is 2. The van der Waals surface area contributed by atoms with Gasteiger partial charge in [0.2, 0.25) is 5.91 Å². The molecular formula is C24H26N4O3. The SMILES string of the molecule is Cc1cc(N2CCCC2)ccc1/C=C1/NC(=O)N(CC(=O)Nc2ccccc2C)C1=O. The number of hydrogen-bond acceptors (Lipinski definition) is 4. The van der Waals surface area contributed by atoms with E-state index in [1.807, 2.05) is 44.2 Å². The lowest BCUT2D eigenvalue weighted by Crippen LogP contribution is -2.38. The lowest BCUT2D eigenvalue weighted by atomic mass is 10.1. The Labute approximate surface area is 181 Å². The molecule has 160 valence electrons. The zero-order valence-corrected chi connectivity index (χ0v) is 17.8. The van der Waals surface area contributed by atoms with E-state index < -0.39 is 17.8 Å². The molecule has 0 atom stereocenters. The Morgan fingerprint density at radius 2 is 1.81 bits per heavy atom. The maximum Gasteiger partial charge on any atom is 0.329 e. The number of benzene rings is 2. The number of aryl methyl sites for hydroxylation is 2. The molecular weight excluding hydrogens is 392 g/mol. The van der Waals surface area contributed by atoms with Gasteiger partial charge >= 0.3 is 6.03 Å². The molecule has 4 amide bonds. The fraction of sp³-hybridized carbons (Fsp3) is 0.292. The smallest absolute Gasteiger partial charge is 0.329 e. The van der Waals surface area contributed by atoms with Crippen molar-refractivity contribution in [1.82, 2.24) is 10.2 Å². The van der Waals surface area contributed by atoms with Crippen LogP contribution in [0.25, 0.3) is 6.08 Å². The molecule has 2 heterocycles. The second-order valence-electron chi connectivity index (χ2n) is 7.98. The van der Waals surface area contributed by atoms with E-state index in [2.05, 4.69) is 21.6 Å². The zero-order valence-electron chi connectivity index (χ0n) is 17.8. The third-order valence-electron chi connectivity index (χ3n) is 5.71. The molecule has 0 bridgehead atoms. The number of para-hydroxylation sites is 1. The molecule has 2 saturated heterocycles. The van der Waals surface area contributed by atoms with E-state index in [-0.39, 0.29) is 12.2 Å². The van der Waals surface area contributed by atoms with E-state index in [0.29, 0.717) is 5.69 Å². The van der Waals surface area contributed by atoms with E-state index in [1.54, 1.807) is 12.1 Å². The summed E-state index contributed by atoms with van der Waals surface area (Å²) in [5.41, 5.74) is 4.79. The van der Waals surface area contributed by atoms with Gasteiger partial charge in [0.05, 0.1) is 0 Å². The number of anilines is 2. The van der Waals surface area contributed by atoms with Gasteiger partial charge in [-0.05, 0) is 67.7 Å². The van der Waals surface area contributed by atoms with Crippen molar-refractivity contribution in [2.45, 2.75) is 26.7 Å². The van der Waals surface area contributed by atoms with Gasteiger partial charge in [-0.1, -0.05) is 24.3 Å². The number of carbonyl (C=O) groups excluding carboxylic acids is 3. The van der Waals surface area contributed by atoms with Crippen LogP contribution in [0.5, 0.6) is 0 Å². The molecule has 0 radical (unpaired) electrons. The fourth-order valence-electron chi connectivity index (χ4n) is 3.91. The molecule has 2 N–H and O–H groups in total. The summed E-state index contributed by atoms with van der Waals surface area (Å²) in [7, 11) is 0. The molecule has 2 aliphatic rings.